The molecule has 2 aromatic carbocycles. The molecule has 0 fully saturated rings. The maximum absolute atomic E-state index is 12.7. The van der Waals surface area contributed by atoms with Crippen LogP contribution in [0.25, 0.3) is 0 Å². The van der Waals surface area contributed by atoms with E-state index in [0.29, 0.717) is 11.4 Å². The van der Waals surface area contributed by atoms with E-state index in [1.54, 1.807) is 7.11 Å². The third kappa shape index (κ3) is 3.81. The van der Waals surface area contributed by atoms with Crippen molar-refractivity contribution in [2.24, 2.45) is 0 Å². The molecule has 0 radical (unpaired) electrons. The van der Waals surface area contributed by atoms with Gasteiger partial charge >= 0.3 is 0 Å². The van der Waals surface area contributed by atoms with Crippen LogP contribution in [0.5, 0.6) is 5.75 Å². The zero-order chi connectivity index (χ0) is 13.7. The number of carbonyl (C=O) groups is 1. The Morgan fingerprint density at radius 3 is 2.63 bits per heavy atom. The molecule has 2 aromatic rings. The zero-order valence-corrected chi connectivity index (χ0v) is 10.5. The molecule has 0 bridgehead atoms. The number of methoxy groups -OCH3 is 1. The average Bonchev–Trinajstić information content (AvgIpc) is 2.41. The van der Waals surface area contributed by atoms with Crippen molar-refractivity contribution < 1.29 is 13.9 Å². The molecule has 0 saturated heterocycles. The second-order valence-corrected chi connectivity index (χ2v) is 4.08. The van der Waals surface area contributed by atoms with Gasteiger partial charge in [0, 0.05) is 5.69 Å². The number of benzene rings is 2. The lowest BCUT2D eigenvalue weighted by Gasteiger charge is -2.06. The monoisotopic (exact) mass is 259 g/mol. The number of amides is 1. The number of nitrogens with one attached hydrogen (secondary N) is 1. The van der Waals surface area contributed by atoms with Crippen LogP contribution in [0.1, 0.15) is 5.56 Å². The summed E-state index contributed by atoms with van der Waals surface area (Å²) in [5, 5.41) is 2.71. The third-order valence-electron chi connectivity index (χ3n) is 2.63. The van der Waals surface area contributed by atoms with Gasteiger partial charge in [-0.25, -0.2) is 4.39 Å². The van der Waals surface area contributed by atoms with Crippen molar-refractivity contribution in [3.05, 3.63) is 59.9 Å². The molecule has 4 heteroatoms. The molecular weight excluding hydrogens is 245 g/mol. The summed E-state index contributed by atoms with van der Waals surface area (Å²) in [7, 11) is 1.58. The van der Waals surface area contributed by atoms with Gasteiger partial charge in [0.2, 0.25) is 5.91 Å². The Labute approximate surface area is 111 Å². The van der Waals surface area contributed by atoms with Gasteiger partial charge in [-0.15, -0.1) is 0 Å². The van der Waals surface area contributed by atoms with Crippen LogP contribution in [-0.4, -0.2) is 13.0 Å². The van der Waals surface area contributed by atoms with E-state index in [0.717, 1.165) is 5.56 Å². The highest BCUT2D eigenvalue weighted by molar-refractivity contribution is 5.92. The first-order valence-electron chi connectivity index (χ1n) is 5.86. The first-order valence-corrected chi connectivity index (χ1v) is 5.86. The Balaban J connectivity index is 1.99. The Morgan fingerprint density at radius 2 is 1.95 bits per heavy atom. The summed E-state index contributed by atoms with van der Waals surface area (Å²) >= 11 is 0. The Morgan fingerprint density at radius 1 is 1.21 bits per heavy atom. The maximum Gasteiger partial charge on any atom is 0.228 e. The summed E-state index contributed by atoms with van der Waals surface area (Å²) in [5.74, 6) is 0.234. The standard InChI is InChI=1S/C15H14FNO2/c1-19-14-4-2-3-11(9-14)10-15(18)17-13-7-5-12(16)6-8-13/h2-9H,10H2,1H3,(H,17,18). The van der Waals surface area contributed by atoms with Gasteiger partial charge in [-0.3, -0.25) is 4.79 Å². The lowest BCUT2D eigenvalue weighted by molar-refractivity contribution is -0.115. The van der Waals surface area contributed by atoms with Crippen LogP contribution in [0, 0.1) is 5.82 Å². The third-order valence-corrected chi connectivity index (χ3v) is 2.63. The number of anilines is 1. The molecule has 0 aliphatic rings. The van der Waals surface area contributed by atoms with Gasteiger partial charge in [-0.2, -0.15) is 0 Å². The van der Waals surface area contributed by atoms with Gasteiger partial charge in [-0.1, -0.05) is 12.1 Å². The van der Waals surface area contributed by atoms with Gasteiger partial charge in [0.05, 0.1) is 13.5 Å². The lowest BCUT2D eigenvalue weighted by Crippen LogP contribution is -2.14. The smallest absolute Gasteiger partial charge is 0.228 e. The zero-order valence-electron chi connectivity index (χ0n) is 10.5. The molecule has 0 aromatic heterocycles. The molecule has 3 nitrogen and oxygen atoms in total. The fraction of sp³-hybridized carbons (Fsp3) is 0.133. The molecular formula is C15H14FNO2. The summed E-state index contributed by atoms with van der Waals surface area (Å²) in [6.45, 7) is 0. The van der Waals surface area contributed by atoms with Crippen molar-refractivity contribution in [1.29, 1.82) is 0 Å². The van der Waals surface area contributed by atoms with Crippen LogP contribution in [-0.2, 0) is 11.2 Å². The van der Waals surface area contributed by atoms with Gasteiger partial charge < -0.3 is 10.1 Å². The van der Waals surface area contributed by atoms with Gasteiger partial charge in [0.15, 0.2) is 0 Å². The second kappa shape index (κ2) is 6.00. The average molecular weight is 259 g/mol. The maximum atomic E-state index is 12.7. The topological polar surface area (TPSA) is 38.3 Å². The number of hydrogen-bond acceptors (Lipinski definition) is 2. The highest BCUT2D eigenvalue weighted by atomic mass is 19.1. The first-order chi connectivity index (χ1) is 9.17. The molecule has 0 aliphatic carbocycles. The summed E-state index contributed by atoms with van der Waals surface area (Å²) in [4.78, 5) is 11.8. The molecule has 1 N–H and O–H groups in total. The van der Waals surface area contributed by atoms with Crippen LogP contribution in [0.4, 0.5) is 10.1 Å². The minimum atomic E-state index is -0.328. The van der Waals surface area contributed by atoms with Crippen LogP contribution in [0.3, 0.4) is 0 Å². The largest absolute Gasteiger partial charge is 0.497 e. The van der Waals surface area contributed by atoms with E-state index in [2.05, 4.69) is 5.32 Å². The molecule has 0 saturated carbocycles. The van der Waals surface area contributed by atoms with Crippen molar-refractivity contribution in [3.8, 4) is 5.75 Å². The van der Waals surface area contributed by atoms with Crippen molar-refractivity contribution >= 4 is 11.6 Å². The van der Waals surface area contributed by atoms with Crippen molar-refractivity contribution in [3.63, 3.8) is 0 Å². The number of ether oxygens (including phenoxy) is 1. The number of hydrogen-bond donors (Lipinski definition) is 1. The first kappa shape index (κ1) is 13.1. The summed E-state index contributed by atoms with van der Waals surface area (Å²) in [6.07, 6.45) is 0.245. The van der Waals surface area contributed by atoms with Crippen molar-refractivity contribution in [2.75, 3.05) is 12.4 Å². The van der Waals surface area contributed by atoms with Crippen LogP contribution in [0.2, 0.25) is 0 Å². The molecule has 0 atom stereocenters. The molecule has 2 rings (SSSR count). The van der Waals surface area contributed by atoms with E-state index in [1.165, 1.54) is 24.3 Å². The predicted molar refractivity (Wildman–Crippen MR) is 71.7 cm³/mol. The predicted octanol–water partition coefficient (Wildman–Crippen LogP) is 3.02. The molecule has 0 spiro atoms. The molecule has 19 heavy (non-hydrogen) atoms. The van der Waals surface area contributed by atoms with Gasteiger partial charge in [-0.05, 0) is 42.0 Å². The minimum absolute atomic E-state index is 0.153. The lowest BCUT2D eigenvalue weighted by atomic mass is 10.1. The van der Waals surface area contributed by atoms with Crippen LogP contribution in [0.15, 0.2) is 48.5 Å². The quantitative estimate of drug-likeness (QED) is 0.916. The van der Waals surface area contributed by atoms with E-state index in [-0.39, 0.29) is 18.1 Å². The van der Waals surface area contributed by atoms with Crippen LogP contribution >= 0.6 is 0 Å². The molecule has 0 aliphatic heterocycles. The highest BCUT2D eigenvalue weighted by Crippen LogP contribution is 2.14. The summed E-state index contributed by atoms with van der Waals surface area (Å²) in [6, 6.07) is 13.0. The Hall–Kier alpha value is -2.36. The molecule has 1 amide bonds. The summed E-state index contributed by atoms with van der Waals surface area (Å²) < 4.78 is 17.8. The highest BCUT2D eigenvalue weighted by Gasteiger charge is 2.05. The van der Waals surface area contributed by atoms with E-state index in [1.807, 2.05) is 24.3 Å². The van der Waals surface area contributed by atoms with Crippen LogP contribution < -0.4 is 10.1 Å². The Kier molecular flexibility index (Phi) is 4.13. The van der Waals surface area contributed by atoms with Crippen molar-refractivity contribution in [2.45, 2.75) is 6.42 Å². The second-order valence-electron chi connectivity index (χ2n) is 4.08. The van der Waals surface area contributed by atoms with E-state index in [4.69, 9.17) is 4.74 Å². The van der Waals surface area contributed by atoms with E-state index < -0.39 is 0 Å². The van der Waals surface area contributed by atoms with Gasteiger partial charge in [0.1, 0.15) is 11.6 Å². The molecule has 0 heterocycles. The minimum Gasteiger partial charge on any atom is -0.497 e. The van der Waals surface area contributed by atoms with Gasteiger partial charge in [0.25, 0.3) is 0 Å². The normalized spacial score (nSPS) is 10.0. The SMILES string of the molecule is COc1cccc(CC(=O)Nc2ccc(F)cc2)c1. The number of halogens is 1. The fourth-order valence-electron chi connectivity index (χ4n) is 1.71. The van der Waals surface area contributed by atoms with Crippen molar-refractivity contribution in [1.82, 2.24) is 0 Å². The Bertz CT molecular complexity index is 567. The molecule has 98 valence electrons. The fourth-order valence-corrected chi connectivity index (χ4v) is 1.71. The summed E-state index contributed by atoms with van der Waals surface area (Å²) in [5.41, 5.74) is 1.44. The number of rotatable bonds is 4. The van der Waals surface area contributed by atoms with E-state index in [9.17, 15) is 9.18 Å². The number of carbonyl (C=O) groups excluding carboxylic acids is 1. The molecule has 0 unspecified atom stereocenters. The van der Waals surface area contributed by atoms with E-state index >= 15 is 0 Å².